The Morgan fingerprint density at radius 1 is 1.19 bits per heavy atom. The fourth-order valence-corrected chi connectivity index (χ4v) is 6.21. The van der Waals surface area contributed by atoms with Crippen LogP contribution >= 0.6 is 0 Å². The number of hydrogen-bond acceptors (Lipinski definition) is 6. The zero-order chi connectivity index (χ0) is 21.8. The van der Waals surface area contributed by atoms with E-state index in [1.807, 2.05) is 17.9 Å². The molecule has 5 rings (SSSR count). The molecule has 2 aliphatic rings. The maximum atomic E-state index is 12.9. The molecule has 4 heterocycles. The van der Waals surface area contributed by atoms with Crippen LogP contribution in [0.5, 0.6) is 0 Å². The van der Waals surface area contributed by atoms with Gasteiger partial charge in [-0.25, -0.2) is 31.8 Å². The first-order chi connectivity index (χ1) is 14.8. The number of benzene rings is 1. The number of hydrogen-bond donors (Lipinski definition) is 0. The van der Waals surface area contributed by atoms with Gasteiger partial charge in [0.15, 0.2) is 5.65 Å². The SMILES string of the molecule is Cc1cccc(S(=O)(=O)N2CC3(CCN(c4cnc5cnn(CC(F)F)c5n4)C3)C2)c1. The number of alkyl halides is 2. The maximum Gasteiger partial charge on any atom is 0.258 e. The highest BCUT2D eigenvalue weighted by molar-refractivity contribution is 7.89. The monoisotopic (exact) mass is 448 g/mol. The highest BCUT2D eigenvalue weighted by atomic mass is 32.2. The molecule has 2 fully saturated rings. The fraction of sp³-hybridized carbons (Fsp3) is 0.450. The summed E-state index contributed by atoms with van der Waals surface area (Å²) in [4.78, 5) is 11.2. The molecule has 0 unspecified atom stereocenters. The van der Waals surface area contributed by atoms with Crippen LogP contribution in [0.1, 0.15) is 12.0 Å². The van der Waals surface area contributed by atoms with Crippen molar-refractivity contribution in [1.29, 1.82) is 0 Å². The van der Waals surface area contributed by atoms with Gasteiger partial charge in [-0.15, -0.1) is 0 Å². The summed E-state index contributed by atoms with van der Waals surface area (Å²) in [5.74, 6) is 0.598. The molecule has 1 spiro atoms. The van der Waals surface area contributed by atoms with E-state index in [2.05, 4.69) is 15.1 Å². The van der Waals surface area contributed by atoms with E-state index in [1.54, 1.807) is 24.4 Å². The largest absolute Gasteiger partial charge is 0.355 e. The maximum absolute atomic E-state index is 12.9. The first-order valence-electron chi connectivity index (χ1n) is 10.0. The Labute approximate surface area is 178 Å². The Bertz CT molecular complexity index is 1240. The van der Waals surface area contributed by atoms with Gasteiger partial charge in [0.25, 0.3) is 6.43 Å². The highest BCUT2D eigenvalue weighted by Crippen LogP contribution is 2.43. The number of sulfonamides is 1. The number of rotatable bonds is 5. The van der Waals surface area contributed by atoms with Gasteiger partial charge >= 0.3 is 0 Å². The standard InChI is InChI=1S/C20H22F2N6O2S/c1-14-3-2-4-15(7-14)31(29,30)27-12-20(13-27)5-6-26(11-20)18-9-23-16-8-24-28(10-17(21)22)19(16)25-18/h2-4,7-9,17H,5-6,10-13H2,1H3. The van der Waals surface area contributed by atoms with Crippen LogP contribution in [0.25, 0.3) is 11.2 Å². The highest BCUT2D eigenvalue weighted by Gasteiger charge is 2.52. The first-order valence-corrected chi connectivity index (χ1v) is 11.5. The molecule has 1 aromatic carbocycles. The summed E-state index contributed by atoms with van der Waals surface area (Å²) in [7, 11) is -3.50. The summed E-state index contributed by atoms with van der Waals surface area (Å²) in [5, 5.41) is 3.95. The van der Waals surface area contributed by atoms with E-state index in [0.717, 1.165) is 12.0 Å². The van der Waals surface area contributed by atoms with Crippen molar-refractivity contribution in [3.05, 3.63) is 42.2 Å². The second kappa shape index (κ2) is 7.20. The summed E-state index contributed by atoms with van der Waals surface area (Å²) >= 11 is 0. The number of halogens is 2. The van der Waals surface area contributed by atoms with E-state index in [-0.39, 0.29) is 5.41 Å². The molecule has 0 bridgehead atoms. The van der Waals surface area contributed by atoms with Crippen molar-refractivity contribution in [2.24, 2.45) is 5.41 Å². The minimum atomic E-state index is -3.50. The van der Waals surface area contributed by atoms with Crippen LogP contribution in [0, 0.1) is 12.3 Å². The lowest BCUT2D eigenvalue weighted by Crippen LogP contribution is -2.59. The van der Waals surface area contributed by atoms with Gasteiger partial charge in [-0.3, -0.25) is 0 Å². The average molecular weight is 448 g/mol. The molecule has 0 radical (unpaired) electrons. The second-order valence-electron chi connectivity index (χ2n) is 8.42. The lowest BCUT2D eigenvalue weighted by atomic mass is 9.81. The third-order valence-corrected chi connectivity index (χ3v) is 7.84. The van der Waals surface area contributed by atoms with Gasteiger partial charge in [0, 0.05) is 31.6 Å². The molecule has 2 aromatic heterocycles. The zero-order valence-electron chi connectivity index (χ0n) is 16.9. The quantitative estimate of drug-likeness (QED) is 0.596. The zero-order valence-corrected chi connectivity index (χ0v) is 17.8. The van der Waals surface area contributed by atoms with Gasteiger partial charge in [-0.2, -0.15) is 9.40 Å². The summed E-state index contributed by atoms with van der Waals surface area (Å²) in [5.41, 5.74) is 1.58. The molecule has 3 aromatic rings. The van der Waals surface area contributed by atoms with Crippen molar-refractivity contribution in [2.75, 3.05) is 31.1 Å². The average Bonchev–Trinajstić information content (AvgIpc) is 3.31. The van der Waals surface area contributed by atoms with Crippen molar-refractivity contribution in [3.8, 4) is 0 Å². The third-order valence-electron chi connectivity index (χ3n) is 6.06. The Morgan fingerprint density at radius 2 is 2.00 bits per heavy atom. The molecule has 0 saturated carbocycles. The molecule has 11 heteroatoms. The van der Waals surface area contributed by atoms with Crippen LogP contribution < -0.4 is 4.90 Å². The van der Waals surface area contributed by atoms with Gasteiger partial charge in [0.05, 0.1) is 17.3 Å². The Balaban J connectivity index is 1.31. The molecule has 0 aliphatic carbocycles. The van der Waals surface area contributed by atoms with E-state index >= 15 is 0 Å². The van der Waals surface area contributed by atoms with Gasteiger partial charge < -0.3 is 4.90 Å². The Hall–Kier alpha value is -2.66. The van der Waals surface area contributed by atoms with Gasteiger partial charge in [0.2, 0.25) is 10.0 Å². The number of anilines is 1. The van der Waals surface area contributed by atoms with Crippen molar-refractivity contribution in [3.63, 3.8) is 0 Å². The molecular weight excluding hydrogens is 426 g/mol. The van der Waals surface area contributed by atoms with E-state index in [0.29, 0.717) is 48.1 Å². The number of aromatic nitrogens is 4. The smallest absolute Gasteiger partial charge is 0.258 e. The van der Waals surface area contributed by atoms with Crippen LogP contribution in [0.15, 0.2) is 41.6 Å². The molecule has 0 amide bonds. The van der Waals surface area contributed by atoms with Gasteiger partial charge in [-0.1, -0.05) is 12.1 Å². The predicted octanol–water partition coefficient (Wildman–Crippen LogP) is 2.30. The minimum Gasteiger partial charge on any atom is -0.355 e. The number of nitrogens with zero attached hydrogens (tertiary/aromatic N) is 6. The fourth-order valence-electron chi connectivity index (χ4n) is 4.44. The number of aryl methyl sites for hydroxylation is 1. The lowest BCUT2D eigenvalue weighted by Gasteiger charge is -2.46. The normalized spacial score (nSPS) is 18.9. The van der Waals surface area contributed by atoms with Crippen molar-refractivity contribution < 1.29 is 17.2 Å². The lowest BCUT2D eigenvalue weighted by molar-refractivity contribution is 0.0936. The molecule has 2 aliphatic heterocycles. The summed E-state index contributed by atoms with van der Waals surface area (Å²) in [6, 6.07) is 6.94. The van der Waals surface area contributed by atoms with Gasteiger partial charge in [-0.05, 0) is 31.0 Å². The Morgan fingerprint density at radius 3 is 2.74 bits per heavy atom. The summed E-state index contributed by atoms with van der Waals surface area (Å²) in [6.07, 6.45) is 1.36. The van der Waals surface area contributed by atoms with Gasteiger partial charge in [0.1, 0.15) is 17.9 Å². The van der Waals surface area contributed by atoms with Crippen LogP contribution in [0.2, 0.25) is 0 Å². The molecular formula is C20H22F2N6O2S. The summed E-state index contributed by atoms with van der Waals surface area (Å²) in [6.45, 7) is 3.61. The van der Waals surface area contributed by atoms with E-state index in [1.165, 1.54) is 15.2 Å². The van der Waals surface area contributed by atoms with Crippen molar-refractivity contribution in [1.82, 2.24) is 24.1 Å². The number of fused-ring (bicyclic) bond motifs is 1. The molecule has 0 atom stereocenters. The first kappa shape index (κ1) is 20.3. The topological polar surface area (TPSA) is 84.2 Å². The Kier molecular flexibility index (Phi) is 4.70. The van der Waals surface area contributed by atoms with Crippen LogP contribution in [-0.4, -0.2) is 65.1 Å². The van der Waals surface area contributed by atoms with Crippen molar-refractivity contribution >= 4 is 27.0 Å². The molecule has 8 nitrogen and oxygen atoms in total. The summed E-state index contributed by atoms with van der Waals surface area (Å²) < 4.78 is 54.1. The third kappa shape index (κ3) is 3.55. The van der Waals surface area contributed by atoms with Crippen LogP contribution in [-0.2, 0) is 16.6 Å². The van der Waals surface area contributed by atoms with Crippen molar-refractivity contribution in [2.45, 2.75) is 31.2 Å². The minimum absolute atomic E-state index is 0.128. The van der Waals surface area contributed by atoms with E-state index < -0.39 is 23.0 Å². The van der Waals surface area contributed by atoms with Crippen LogP contribution in [0.3, 0.4) is 0 Å². The molecule has 0 N–H and O–H groups in total. The molecule has 164 valence electrons. The van der Waals surface area contributed by atoms with E-state index in [9.17, 15) is 17.2 Å². The molecule has 31 heavy (non-hydrogen) atoms. The predicted molar refractivity (Wildman–Crippen MR) is 111 cm³/mol. The second-order valence-corrected chi connectivity index (χ2v) is 10.4. The molecule has 2 saturated heterocycles. The van der Waals surface area contributed by atoms with E-state index in [4.69, 9.17) is 0 Å². The van der Waals surface area contributed by atoms with Crippen LogP contribution in [0.4, 0.5) is 14.6 Å².